The van der Waals surface area contributed by atoms with E-state index >= 15 is 0 Å². The van der Waals surface area contributed by atoms with Gasteiger partial charge in [0, 0.05) is 0 Å². The average molecular weight is 301 g/mol. The minimum atomic E-state index is -0.984. The van der Waals surface area contributed by atoms with Crippen LogP contribution in [0.1, 0.15) is 32.3 Å². The first kappa shape index (κ1) is 16.3. The number of nitrogens with two attached hydrogens (primary N) is 1. The molecular formula is C18H23NO3. The Kier molecular flexibility index (Phi) is 5.39. The van der Waals surface area contributed by atoms with Crippen molar-refractivity contribution < 1.29 is 14.6 Å². The van der Waals surface area contributed by atoms with E-state index < -0.39 is 12.0 Å². The highest BCUT2D eigenvalue weighted by molar-refractivity contribution is 5.73. The van der Waals surface area contributed by atoms with Crippen molar-refractivity contribution in [3.8, 4) is 5.75 Å². The molecule has 0 amide bonds. The average Bonchev–Trinajstić information content (AvgIpc) is 2.48. The number of ether oxygens (including phenoxy) is 1. The first-order chi connectivity index (χ1) is 10.5. The molecule has 0 aliphatic heterocycles. The highest BCUT2D eigenvalue weighted by Gasteiger charge is 2.13. The van der Waals surface area contributed by atoms with E-state index in [1.807, 2.05) is 24.3 Å². The molecule has 0 saturated carbocycles. The van der Waals surface area contributed by atoms with Gasteiger partial charge in [0.2, 0.25) is 0 Å². The molecule has 1 aromatic rings. The second-order valence-corrected chi connectivity index (χ2v) is 5.77. The zero-order valence-electron chi connectivity index (χ0n) is 13.1. The van der Waals surface area contributed by atoms with Crippen LogP contribution in [0.25, 0.3) is 0 Å². The van der Waals surface area contributed by atoms with E-state index in [0.717, 1.165) is 24.2 Å². The van der Waals surface area contributed by atoms with Gasteiger partial charge >= 0.3 is 5.97 Å². The summed E-state index contributed by atoms with van der Waals surface area (Å²) in [5, 5.41) is 8.82. The third-order valence-electron chi connectivity index (χ3n) is 4.04. The van der Waals surface area contributed by atoms with Gasteiger partial charge in [-0.15, -0.1) is 0 Å². The molecule has 0 bridgehead atoms. The van der Waals surface area contributed by atoms with Crippen molar-refractivity contribution >= 4 is 5.97 Å². The molecule has 2 rings (SSSR count). The number of allylic oxidation sites excluding steroid dienone is 2. The van der Waals surface area contributed by atoms with E-state index in [-0.39, 0.29) is 0 Å². The molecule has 1 aromatic carbocycles. The quantitative estimate of drug-likeness (QED) is 0.847. The van der Waals surface area contributed by atoms with Crippen LogP contribution in [0.4, 0.5) is 0 Å². The van der Waals surface area contributed by atoms with E-state index in [1.54, 1.807) is 0 Å². The van der Waals surface area contributed by atoms with Gasteiger partial charge in [-0.05, 0) is 62.0 Å². The van der Waals surface area contributed by atoms with Crippen LogP contribution in [-0.2, 0) is 11.2 Å². The van der Waals surface area contributed by atoms with Gasteiger partial charge in [-0.2, -0.15) is 0 Å². The van der Waals surface area contributed by atoms with Crippen LogP contribution in [0.15, 0.2) is 47.1 Å². The minimum absolute atomic E-state index is 0.321. The Morgan fingerprint density at radius 1 is 1.32 bits per heavy atom. The molecular weight excluding hydrogens is 278 g/mol. The van der Waals surface area contributed by atoms with Gasteiger partial charge in [-0.1, -0.05) is 23.8 Å². The summed E-state index contributed by atoms with van der Waals surface area (Å²) in [6, 6.07) is 6.59. The number of carboxylic acids is 1. The molecule has 0 fully saturated rings. The Labute approximate surface area is 131 Å². The van der Waals surface area contributed by atoms with Crippen LogP contribution < -0.4 is 10.5 Å². The SMILES string of the molecule is CC1=CCCC(C)=C1COc1ccc(CC(N)C(=O)O)cc1. The number of hydrogen-bond acceptors (Lipinski definition) is 3. The summed E-state index contributed by atoms with van der Waals surface area (Å²) in [5.41, 5.74) is 10.4. The van der Waals surface area contributed by atoms with Gasteiger partial charge in [0.05, 0.1) is 0 Å². The van der Waals surface area contributed by atoms with Crippen molar-refractivity contribution in [2.45, 2.75) is 39.2 Å². The number of carbonyl (C=O) groups is 1. The molecule has 0 saturated heterocycles. The molecule has 4 heteroatoms. The summed E-state index contributed by atoms with van der Waals surface area (Å²) in [5.74, 6) is -0.200. The summed E-state index contributed by atoms with van der Waals surface area (Å²) in [6.45, 7) is 4.85. The highest BCUT2D eigenvalue weighted by Crippen LogP contribution is 2.25. The molecule has 0 aromatic heterocycles. The van der Waals surface area contributed by atoms with Crippen LogP contribution in [0.5, 0.6) is 5.75 Å². The minimum Gasteiger partial charge on any atom is -0.489 e. The van der Waals surface area contributed by atoms with Gasteiger partial charge in [0.25, 0.3) is 0 Å². The summed E-state index contributed by atoms with van der Waals surface area (Å²) in [7, 11) is 0. The van der Waals surface area contributed by atoms with Crippen molar-refractivity contribution in [2.75, 3.05) is 6.61 Å². The lowest BCUT2D eigenvalue weighted by Gasteiger charge is -2.18. The van der Waals surface area contributed by atoms with Crippen molar-refractivity contribution in [3.63, 3.8) is 0 Å². The van der Waals surface area contributed by atoms with E-state index in [0.29, 0.717) is 13.0 Å². The van der Waals surface area contributed by atoms with E-state index in [1.165, 1.54) is 16.7 Å². The summed E-state index contributed by atoms with van der Waals surface area (Å²) >= 11 is 0. The molecule has 1 aliphatic carbocycles. The van der Waals surface area contributed by atoms with Gasteiger partial charge in [-0.25, -0.2) is 0 Å². The van der Waals surface area contributed by atoms with Crippen LogP contribution >= 0.6 is 0 Å². The van der Waals surface area contributed by atoms with Gasteiger partial charge < -0.3 is 15.6 Å². The van der Waals surface area contributed by atoms with Crippen molar-refractivity contribution in [2.24, 2.45) is 5.73 Å². The van der Waals surface area contributed by atoms with Crippen molar-refractivity contribution in [1.82, 2.24) is 0 Å². The second-order valence-electron chi connectivity index (χ2n) is 5.77. The van der Waals surface area contributed by atoms with Crippen LogP contribution in [-0.4, -0.2) is 23.7 Å². The molecule has 0 radical (unpaired) electrons. The lowest BCUT2D eigenvalue weighted by atomic mass is 9.93. The monoisotopic (exact) mass is 301 g/mol. The van der Waals surface area contributed by atoms with Gasteiger partial charge in [0.1, 0.15) is 18.4 Å². The fraction of sp³-hybridized carbons (Fsp3) is 0.389. The molecule has 22 heavy (non-hydrogen) atoms. The van der Waals surface area contributed by atoms with Gasteiger partial charge in [-0.3, -0.25) is 4.79 Å². The number of aliphatic carboxylic acids is 1. The Morgan fingerprint density at radius 2 is 2.00 bits per heavy atom. The molecule has 118 valence electrons. The van der Waals surface area contributed by atoms with E-state index in [4.69, 9.17) is 15.6 Å². The predicted octanol–water partition coefficient (Wildman–Crippen LogP) is 3.08. The molecule has 1 atom stereocenters. The summed E-state index contributed by atoms with van der Waals surface area (Å²) in [4.78, 5) is 10.7. The maximum atomic E-state index is 10.7. The maximum Gasteiger partial charge on any atom is 0.320 e. The van der Waals surface area contributed by atoms with Crippen LogP contribution in [0.2, 0.25) is 0 Å². The highest BCUT2D eigenvalue weighted by atomic mass is 16.5. The number of carboxylic acid groups (broad SMARTS) is 1. The third kappa shape index (κ3) is 4.21. The molecule has 1 unspecified atom stereocenters. The smallest absolute Gasteiger partial charge is 0.320 e. The molecule has 4 nitrogen and oxygen atoms in total. The van der Waals surface area contributed by atoms with Gasteiger partial charge in [0.15, 0.2) is 0 Å². The van der Waals surface area contributed by atoms with Crippen LogP contribution in [0, 0.1) is 0 Å². The number of rotatable bonds is 6. The van der Waals surface area contributed by atoms with Crippen molar-refractivity contribution in [3.05, 3.63) is 52.6 Å². The summed E-state index contributed by atoms with van der Waals surface area (Å²) < 4.78 is 5.85. The first-order valence-electron chi connectivity index (χ1n) is 7.53. The summed E-state index contributed by atoms with van der Waals surface area (Å²) in [6.07, 6.45) is 4.78. The topological polar surface area (TPSA) is 72.5 Å². The zero-order chi connectivity index (χ0) is 16.1. The fourth-order valence-corrected chi connectivity index (χ4v) is 2.57. The number of benzene rings is 1. The fourth-order valence-electron chi connectivity index (χ4n) is 2.57. The normalized spacial score (nSPS) is 16.2. The Bertz CT molecular complexity index is 599. The molecule has 0 spiro atoms. The third-order valence-corrected chi connectivity index (χ3v) is 4.04. The zero-order valence-corrected chi connectivity index (χ0v) is 13.1. The standard InChI is InChI=1S/C18H23NO3/c1-12-4-3-5-13(2)16(12)11-22-15-8-6-14(7-9-15)10-17(19)18(20)21/h4,6-9,17H,3,5,10-11,19H2,1-2H3,(H,20,21). The lowest BCUT2D eigenvalue weighted by molar-refractivity contribution is -0.138. The Hall–Kier alpha value is -2.07. The number of hydrogen-bond donors (Lipinski definition) is 2. The maximum absolute atomic E-state index is 10.7. The van der Waals surface area contributed by atoms with Crippen molar-refractivity contribution in [1.29, 1.82) is 0 Å². The molecule has 3 N–H and O–H groups in total. The molecule has 1 aliphatic rings. The Morgan fingerprint density at radius 3 is 2.59 bits per heavy atom. The van der Waals surface area contributed by atoms with E-state index in [9.17, 15) is 4.79 Å². The second kappa shape index (κ2) is 7.27. The van der Waals surface area contributed by atoms with Crippen LogP contribution in [0.3, 0.4) is 0 Å². The lowest BCUT2D eigenvalue weighted by Crippen LogP contribution is -2.32. The van der Waals surface area contributed by atoms with E-state index in [2.05, 4.69) is 19.9 Å². The first-order valence-corrected chi connectivity index (χ1v) is 7.53. The molecule has 0 heterocycles. The predicted molar refractivity (Wildman–Crippen MR) is 86.9 cm³/mol. The largest absolute Gasteiger partial charge is 0.489 e. The Balaban J connectivity index is 1.94.